The van der Waals surface area contributed by atoms with Gasteiger partial charge in [0.1, 0.15) is 5.82 Å². The van der Waals surface area contributed by atoms with E-state index >= 15 is 0 Å². The molecule has 0 aliphatic rings. The highest BCUT2D eigenvalue weighted by molar-refractivity contribution is 7.99. The number of thioether (sulfide) groups is 1. The van der Waals surface area contributed by atoms with Crippen LogP contribution >= 0.6 is 11.8 Å². The van der Waals surface area contributed by atoms with Crippen molar-refractivity contribution in [3.63, 3.8) is 0 Å². The minimum atomic E-state index is -4.30. The van der Waals surface area contributed by atoms with E-state index in [1.54, 1.807) is 6.07 Å². The molecule has 1 atom stereocenters. The van der Waals surface area contributed by atoms with Gasteiger partial charge in [0.05, 0.1) is 5.92 Å². The molecule has 6 heteroatoms. The normalized spacial score (nSPS) is 13.8. The Kier molecular flexibility index (Phi) is 4.61. The van der Waals surface area contributed by atoms with Gasteiger partial charge in [-0.2, -0.15) is 13.2 Å². The van der Waals surface area contributed by atoms with Gasteiger partial charge in [-0.25, -0.2) is 4.39 Å². The van der Waals surface area contributed by atoms with E-state index in [0.29, 0.717) is 4.90 Å². The fourth-order valence-electron chi connectivity index (χ4n) is 1.05. The molecule has 0 radical (unpaired) electrons. The van der Waals surface area contributed by atoms with Gasteiger partial charge < -0.3 is 5.73 Å². The summed E-state index contributed by atoms with van der Waals surface area (Å²) in [6.07, 6.45) is -4.30. The van der Waals surface area contributed by atoms with E-state index in [-0.39, 0.29) is 5.75 Å². The minimum Gasteiger partial charge on any atom is -0.330 e. The highest BCUT2D eigenvalue weighted by atomic mass is 32.2. The molecule has 0 heterocycles. The molecule has 1 rings (SSSR count). The Hall–Kier alpha value is -0.750. The van der Waals surface area contributed by atoms with Crippen LogP contribution in [0.3, 0.4) is 0 Å². The molecule has 2 N–H and O–H groups in total. The molecule has 16 heavy (non-hydrogen) atoms. The molecule has 1 unspecified atom stereocenters. The molecule has 0 saturated heterocycles. The van der Waals surface area contributed by atoms with Crippen LogP contribution in [0.4, 0.5) is 17.6 Å². The second-order valence-corrected chi connectivity index (χ2v) is 4.34. The van der Waals surface area contributed by atoms with Gasteiger partial charge in [0, 0.05) is 17.2 Å². The van der Waals surface area contributed by atoms with Gasteiger partial charge in [0.25, 0.3) is 0 Å². The van der Waals surface area contributed by atoms with Crippen molar-refractivity contribution in [3.05, 3.63) is 30.1 Å². The van der Waals surface area contributed by atoms with E-state index in [2.05, 4.69) is 0 Å². The monoisotopic (exact) mass is 253 g/mol. The van der Waals surface area contributed by atoms with E-state index < -0.39 is 24.5 Å². The third kappa shape index (κ3) is 4.02. The van der Waals surface area contributed by atoms with Crippen LogP contribution in [-0.2, 0) is 0 Å². The van der Waals surface area contributed by atoms with Crippen molar-refractivity contribution in [2.45, 2.75) is 11.1 Å². The largest absolute Gasteiger partial charge is 0.393 e. The summed E-state index contributed by atoms with van der Waals surface area (Å²) in [7, 11) is 0. The first-order valence-electron chi connectivity index (χ1n) is 4.58. The first-order valence-corrected chi connectivity index (χ1v) is 5.57. The highest BCUT2D eigenvalue weighted by Gasteiger charge is 2.38. The van der Waals surface area contributed by atoms with Crippen LogP contribution in [0.5, 0.6) is 0 Å². The summed E-state index contributed by atoms with van der Waals surface area (Å²) in [4.78, 5) is 0.475. The van der Waals surface area contributed by atoms with Crippen molar-refractivity contribution in [1.82, 2.24) is 0 Å². The maximum Gasteiger partial charge on any atom is 0.393 e. The maximum atomic E-state index is 12.7. The molecule has 0 amide bonds. The number of hydrogen-bond acceptors (Lipinski definition) is 2. The van der Waals surface area contributed by atoms with E-state index in [4.69, 9.17) is 5.73 Å². The summed E-state index contributed by atoms with van der Waals surface area (Å²) in [6.45, 7) is -0.453. The predicted molar refractivity (Wildman–Crippen MR) is 55.7 cm³/mol. The Morgan fingerprint density at radius 1 is 1.31 bits per heavy atom. The van der Waals surface area contributed by atoms with Gasteiger partial charge in [-0.3, -0.25) is 0 Å². The molecule has 1 nitrogen and oxygen atoms in total. The molecule has 0 spiro atoms. The highest BCUT2D eigenvalue weighted by Crippen LogP contribution is 2.31. The zero-order valence-corrected chi connectivity index (χ0v) is 9.11. The molecule has 0 bridgehead atoms. The second-order valence-electron chi connectivity index (χ2n) is 3.24. The Morgan fingerprint density at radius 3 is 2.50 bits per heavy atom. The van der Waals surface area contributed by atoms with Crippen LogP contribution in [0.25, 0.3) is 0 Å². The predicted octanol–water partition coefficient (Wildman–Crippen LogP) is 3.06. The number of rotatable bonds is 4. The fraction of sp³-hybridized carbons (Fsp3) is 0.400. The van der Waals surface area contributed by atoms with Crippen molar-refractivity contribution in [2.24, 2.45) is 11.7 Å². The minimum absolute atomic E-state index is 0.191. The lowest BCUT2D eigenvalue weighted by Crippen LogP contribution is -2.32. The Bertz CT molecular complexity index is 340. The van der Waals surface area contributed by atoms with Crippen molar-refractivity contribution in [1.29, 1.82) is 0 Å². The van der Waals surface area contributed by atoms with Gasteiger partial charge in [0.15, 0.2) is 0 Å². The summed E-state index contributed by atoms with van der Waals surface area (Å²) < 4.78 is 49.8. The zero-order valence-electron chi connectivity index (χ0n) is 8.30. The van der Waals surface area contributed by atoms with Gasteiger partial charge >= 0.3 is 6.18 Å². The molecule has 1 aromatic rings. The first-order chi connectivity index (χ1) is 7.43. The van der Waals surface area contributed by atoms with Crippen molar-refractivity contribution in [3.8, 4) is 0 Å². The van der Waals surface area contributed by atoms with Crippen LogP contribution in [-0.4, -0.2) is 18.5 Å². The summed E-state index contributed by atoms with van der Waals surface area (Å²) in [6, 6.07) is 5.48. The first kappa shape index (κ1) is 13.3. The van der Waals surface area contributed by atoms with E-state index in [1.807, 2.05) is 0 Å². The Morgan fingerprint density at radius 2 is 2.00 bits per heavy atom. The summed E-state index contributed by atoms with van der Waals surface area (Å²) in [5.41, 5.74) is 5.05. The van der Waals surface area contributed by atoms with Crippen molar-refractivity contribution >= 4 is 11.8 Å². The number of hydrogen-bond donors (Lipinski definition) is 1. The van der Waals surface area contributed by atoms with Crippen molar-refractivity contribution < 1.29 is 17.6 Å². The second kappa shape index (κ2) is 5.54. The third-order valence-corrected chi connectivity index (χ3v) is 3.15. The van der Waals surface area contributed by atoms with Crippen LogP contribution in [0.15, 0.2) is 29.2 Å². The van der Waals surface area contributed by atoms with Gasteiger partial charge in [-0.05, 0) is 18.2 Å². The van der Waals surface area contributed by atoms with Crippen LogP contribution < -0.4 is 5.73 Å². The van der Waals surface area contributed by atoms with Gasteiger partial charge in [-0.1, -0.05) is 6.07 Å². The molecular formula is C10H11F4NS. The Labute approximate surface area is 95.0 Å². The standard InChI is InChI=1S/C10H11F4NS/c11-8-2-1-3-9(4-8)16-6-7(5-15)10(12,13)14/h1-4,7H,5-6,15H2. The van der Waals surface area contributed by atoms with Crippen LogP contribution in [0, 0.1) is 11.7 Å². The lowest BCUT2D eigenvalue weighted by molar-refractivity contribution is -0.165. The average molecular weight is 253 g/mol. The van der Waals surface area contributed by atoms with Gasteiger partial charge in [0.2, 0.25) is 0 Å². The average Bonchev–Trinajstić information content (AvgIpc) is 2.16. The molecular weight excluding hydrogens is 242 g/mol. The third-order valence-electron chi connectivity index (χ3n) is 1.99. The fourth-order valence-corrected chi connectivity index (χ4v) is 2.14. The van der Waals surface area contributed by atoms with Crippen LogP contribution in [0.2, 0.25) is 0 Å². The number of alkyl halides is 3. The molecule has 1 aromatic carbocycles. The number of benzene rings is 1. The van der Waals surface area contributed by atoms with E-state index in [9.17, 15) is 17.6 Å². The van der Waals surface area contributed by atoms with Crippen molar-refractivity contribution in [2.75, 3.05) is 12.3 Å². The van der Waals surface area contributed by atoms with E-state index in [1.165, 1.54) is 18.2 Å². The zero-order chi connectivity index (χ0) is 12.2. The summed E-state index contributed by atoms with van der Waals surface area (Å²) in [5, 5.41) is 0. The SMILES string of the molecule is NCC(CSc1cccc(F)c1)C(F)(F)F. The quantitative estimate of drug-likeness (QED) is 0.659. The topological polar surface area (TPSA) is 26.0 Å². The van der Waals surface area contributed by atoms with Crippen LogP contribution in [0.1, 0.15) is 0 Å². The molecule has 90 valence electrons. The lowest BCUT2D eigenvalue weighted by Gasteiger charge is -2.17. The molecule has 0 aliphatic heterocycles. The van der Waals surface area contributed by atoms with Gasteiger partial charge in [-0.15, -0.1) is 11.8 Å². The summed E-state index contributed by atoms with van der Waals surface area (Å²) in [5.74, 6) is -2.20. The smallest absolute Gasteiger partial charge is 0.330 e. The number of nitrogens with two attached hydrogens (primary N) is 1. The molecule has 0 fully saturated rings. The molecule has 0 aromatic heterocycles. The number of halogens is 4. The van der Waals surface area contributed by atoms with E-state index in [0.717, 1.165) is 11.8 Å². The summed E-state index contributed by atoms with van der Waals surface area (Å²) >= 11 is 0.954. The molecule has 0 saturated carbocycles. The maximum absolute atomic E-state index is 12.7. The lowest BCUT2D eigenvalue weighted by atomic mass is 10.2. The molecule has 0 aliphatic carbocycles. The Balaban J connectivity index is 2.56.